The topological polar surface area (TPSA) is 50.8 Å². The lowest BCUT2D eigenvalue weighted by Crippen LogP contribution is -2.44. The van der Waals surface area contributed by atoms with Crippen molar-refractivity contribution in [1.29, 1.82) is 10.5 Å². The van der Waals surface area contributed by atoms with Crippen molar-refractivity contribution in [2.24, 2.45) is 0 Å². The number of nitriles is 2. The number of rotatable bonds is 2. The Hall–Kier alpha value is -1.22. The lowest BCUT2D eigenvalue weighted by molar-refractivity contribution is 0.147. The SMILES string of the molecule is CCC1(N(C#N)C#N)CCCCC1. The molecule has 1 fully saturated rings. The Morgan fingerprint density at radius 3 is 2.08 bits per heavy atom. The molecule has 0 N–H and O–H groups in total. The Bertz CT molecular complexity index is 226. The number of hydrogen-bond acceptors (Lipinski definition) is 3. The van der Waals surface area contributed by atoms with Crippen molar-refractivity contribution < 1.29 is 0 Å². The maximum atomic E-state index is 8.83. The minimum atomic E-state index is -0.151. The van der Waals surface area contributed by atoms with E-state index < -0.39 is 0 Å². The predicted octanol–water partition coefficient (Wildman–Crippen LogP) is 2.36. The highest BCUT2D eigenvalue weighted by Gasteiger charge is 2.36. The zero-order chi connectivity index (χ0) is 9.73. The Balaban J connectivity index is 2.79. The normalized spacial score (nSPS) is 19.9. The van der Waals surface area contributed by atoms with Crippen molar-refractivity contribution in [2.75, 3.05) is 0 Å². The van der Waals surface area contributed by atoms with Crippen LogP contribution in [0.4, 0.5) is 0 Å². The molecule has 13 heavy (non-hydrogen) atoms. The highest BCUT2D eigenvalue weighted by atomic mass is 15.2. The van der Waals surface area contributed by atoms with Crippen LogP contribution in [0.2, 0.25) is 0 Å². The van der Waals surface area contributed by atoms with Crippen LogP contribution in [0.3, 0.4) is 0 Å². The summed E-state index contributed by atoms with van der Waals surface area (Å²) in [6.07, 6.45) is 10.4. The Kier molecular flexibility index (Phi) is 3.14. The second-order valence-corrected chi connectivity index (χ2v) is 3.67. The molecular weight excluding hydrogens is 162 g/mol. The van der Waals surface area contributed by atoms with Gasteiger partial charge in [-0.15, -0.1) is 0 Å². The van der Waals surface area contributed by atoms with Gasteiger partial charge in [0.25, 0.3) is 0 Å². The van der Waals surface area contributed by atoms with Crippen LogP contribution in [0.5, 0.6) is 0 Å². The van der Waals surface area contributed by atoms with Gasteiger partial charge in [-0.25, -0.2) is 4.90 Å². The molecule has 70 valence electrons. The van der Waals surface area contributed by atoms with Crippen molar-refractivity contribution in [2.45, 2.75) is 51.0 Å². The van der Waals surface area contributed by atoms with Gasteiger partial charge in [-0.3, -0.25) is 0 Å². The van der Waals surface area contributed by atoms with Gasteiger partial charge in [0.1, 0.15) is 0 Å². The molecule has 3 heteroatoms. The van der Waals surface area contributed by atoms with Crippen LogP contribution in [0.25, 0.3) is 0 Å². The molecule has 0 radical (unpaired) electrons. The van der Waals surface area contributed by atoms with Gasteiger partial charge in [0, 0.05) is 0 Å². The third-order valence-electron chi connectivity index (χ3n) is 3.12. The van der Waals surface area contributed by atoms with Crippen molar-refractivity contribution in [3.63, 3.8) is 0 Å². The first-order chi connectivity index (χ1) is 6.29. The van der Waals surface area contributed by atoms with Gasteiger partial charge in [-0.05, 0) is 19.3 Å². The summed E-state index contributed by atoms with van der Waals surface area (Å²) in [6, 6.07) is 0. The van der Waals surface area contributed by atoms with Crippen LogP contribution >= 0.6 is 0 Å². The first-order valence-electron chi connectivity index (χ1n) is 4.89. The molecule has 0 aromatic rings. The van der Waals surface area contributed by atoms with E-state index in [-0.39, 0.29) is 5.54 Å². The largest absolute Gasteiger partial charge is 0.209 e. The third kappa shape index (κ3) is 1.75. The second kappa shape index (κ2) is 4.14. The first-order valence-corrected chi connectivity index (χ1v) is 4.89. The minimum Gasteiger partial charge on any atom is -0.209 e. The zero-order valence-corrected chi connectivity index (χ0v) is 8.08. The van der Waals surface area contributed by atoms with Crippen LogP contribution in [0, 0.1) is 22.9 Å². The van der Waals surface area contributed by atoms with Crippen LogP contribution in [-0.4, -0.2) is 10.4 Å². The van der Waals surface area contributed by atoms with Crippen LogP contribution < -0.4 is 0 Å². The van der Waals surface area contributed by atoms with Gasteiger partial charge in [0.05, 0.1) is 5.54 Å². The fourth-order valence-corrected chi connectivity index (χ4v) is 2.18. The zero-order valence-electron chi connectivity index (χ0n) is 8.08. The molecular formula is C10H15N3. The molecule has 0 bridgehead atoms. The Morgan fingerprint density at radius 2 is 1.69 bits per heavy atom. The van der Waals surface area contributed by atoms with E-state index in [2.05, 4.69) is 6.92 Å². The molecule has 0 aliphatic heterocycles. The second-order valence-electron chi connectivity index (χ2n) is 3.67. The van der Waals surface area contributed by atoms with E-state index in [1.54, 1.807) is 0 Å². The van der Waals surface area contributed by atoms with Gasteiger partial charge >= 0.3 is 0 Å². The molecule has 0 aromatic carbocycles. The molecule has 0 unspecified atom stereocenters. The van der Waals surface area contributed by atoms with Crippen molar-refractivity contribution in [3.8, 4) is 12.4 Å². The van der Waals surface area contributed by atoms with Crippen LogP contribution in [0.1, 0.15) is 45.4 Å². The summed E-state index contributed by atoms with van der Waals surface area (Å²) in [6.45, 7) is 2.06. The third-order valence-corrected chi connectivity index (χ3v) is 3.12. The lowest BCUT2D eigenvalue weighted by atomic mass is 9.79. The van der Waals surface area contributed by atoms with Gasteiger partial charge in [-0.1, -0.05) is 26.2 Å². The highest BCUT2D eigenvalue weighted by Crippen LogP contribution is 2.35. The lowest BCUT2D eigenvalue weighted by Gasteiger charge is -2.38. The molecule has 0 atom stereocenters. The van der Waals surface area contributed by atoms with Gasteiger partial charge in [-0.2, -0.15) is 10.5 Å². The molecule has 0 spiro atoms. The van der Waals surface area contributed by atoms with E-state index in [0.29, 0.717) is 0 Å². The summed E-state index contributed by atoms with van der Waals surface area (Å²) in [5.41, 5.74) is -0.151. The summed E-state index contributed by atoms with van der Waals surface area (Å²) in [7, 11) is 0. The predicted molar refractivity (Wildman–Crippen MR) is 49.2 cm³/mol. The smallest absolute Gasteiger partial charge is 0.194 e. The maximum absolute atomic E-state index is 8.83. The average molecular weight is 177 g/mol. The molecule has 0 saturated heterocycles. The van der Waals surface area contributed by atoms with Crippen molar-refractivity contribution in [3.05, 3.63) is 0 Å². The van der Waals surface area contributed by atoms with E-state index in [1.165, 1.54) is 11.3 Å². The summed E-state index contributed by atoms with van der Waals surface area (Å²) < 4.78 is 0. The minimum absolute atomic E-state index is 0.151. The van der Waals surface area contributed by atoms with E-state index in [0.717, 1.165) is 32.1 Å². The van der Waals surface area contributed by atoms with Gasteiger partial charge in [0.15, 0.2) is 12.4 Å². The fourth-order valence-electron chi connectivity index (χ4n) is 2.18. The summed E-state index contributed by atoms with van der Waals surface area (Å²) in [5.74, 6) is 0. The van der Waals surface area contributed by atoms with Crippen LogP contribution in [0.15, 0.2) is 0 Å². The standard InChI is InChI=1S/C10H15N3/c1-2-10(13(8-11)9-12)6-4-3-5-7-10/h2-7H2,1H3. The van der Waals surface area contributed by atoms with E-state index in [4.69, 9.17) is 10.5 Å². The van der Waals surface area contributed by atoms with E-state index in [9.17, 15) is 0 Å². The summed E-state index contributed by atoms with van der Waals surface area (Å²) >= 11 is 0. The fraction of sp³-hybridized carbons (Fsp3) is 0.800. The molecule has 3 nitrogen and oxygen atoms in total. The van der Waals surface area contributed by atoms with Crippen LogP contribution in [-0.2, 0) is 0 Å². The Morgan fingerprint density at radius 1 is 1.15 bits per heavy atom. The molecule has 1 aliphatic carbocycles. The summed E-state index contributed by atoms with van der Waals surface area (Å²) in [4.78, 5) is 1.30. The van der Waals surface area contributed by atoms with Gasteiger partial charge < -0.3 is 0 Å². The summed E-state index contributed by atoms with van der Waals surface area (Å²) in [5, 5.41) is 17.7. The first kappa shape index (κ1) is 9.86. The highest BCUT2D eigenvalue weighted by molar-refractivity contribution is 5.03. The molecule has 0 aromatic heterocycles. The molecule has 1 aliphatic rings. The molecule has 1 saturated carbocycles. The van der Waals surface area contributed by atoms with Crippen molar-refractivity contribution in [1.82, 2.24) is 4.90 Å². The van der Waals surface area contributed by atoms with E-state index >= 15 is 0 Å². The van der Waals surface area contributed by atoms with Gasteiger partial charge in [0.2, 0.25) is 0 Å². The maximum Gasteiger partial charge on any atom is 0.194 e. The molecule has 0 heterocycles. The Labute approximate surface area is 79.6 Å². The molecule has 0 amide bonds. The van der Waals surface area contributed by atoms with E-state index in [1.807, 2.05) is 12.4 Å². The number of hydrogen-bond donors (Lipinski definition) is 0. The average Bonchev–Trinajstić information content (AvgIpc) is 2.21. The quantitative estimate of drug-likeness (QED) is 0.480. The molecule has 1 rings (SSSR count). The monoisotopic (exact) mass is 177 g/mol. The number of nitrogens with zero attached hydrogens (tertiary/aromatic N) is 3. The van der Waals surface area contributed by atoms with Crippen molar-refractivity contribution >= 4 is 0 Å².